The van der Waals surface area contributed by atoms with Crippen LogP contribution in [0.15, 0.2) is 30.5 Å². The molecule has 2 N–H and O–H groups in total. The van der Waals surface area contributed by atoms with Crippen molar-refractivity contribution in [3.8, 4) is 35.4 Å². The van der Waals surface area contributed by atoms with Gasteiger partial charge in [0.15, 0.2) is 5.82 Å². The van der Waals surface area contributed by atoms with Crippen molar-refractivity contribution in [2.24, 2.45) is 5.41 Å². The second-order valence-electron chi connectivity index (χ2n) is 14.1. The molecule has 5 heterocycles. The first-order chi connectivity index (χ1) is 24.3. The van der Waals surface area contributed by atoms with E-state index in [0.29, 0.717) is 62.0 Å². The molecule has 3 atom stereocenters. The van der Waals surface area contributed by atoms with E-state index in [1.807, 2.05) is 0 Å². The zero-order valence-corrected chi connectivity index (χ0v) is 27.9. The van der Waals surface area contributed by atoms with Gasteiger partial charge in [-0.2, -0.15) is 9.97 Å². The molecule has 1 saturated carbocycles. The second-order valence-corrected chi connectivity index (χ2v) is 14.1. The number of aromatic nitrogens is 3. The Morgan fingerprint density at radius 2 is 1.98 bits per heavy atom. The zero-order valence-electron chi connectivity index (χ0n) is 27.9. The first kappa shape index (κ1) is 32.6. The number of terminal acetylenes is 1. The van der Waals surface area contributed by atoms with Crippen molar-refractivity contribution < 1.29 is 28.2 Å². The summed E-state index contributed by atoms with van der Waals surface area (Å²) in [5.41, 5.74) is -0.0951. The molecule has 3 saturated heterocycles. The average molecular weight is 683 g/mol. The molecule has 260 valence electrons. The largest absolute Gasteiger partial charge is 0.508 e. The average Bonchev–Trinajstić information content (AvgIpc) is 3.64. The highest BCUT2D eigenvalue weighted by atomic mass is 19.1. The number of pyridine rings is 1. The summed E-state index contributed by atoms with van der Waals surface area (Å²) in [6.07, 6.45) is 14.6. The third kappa shape index (κ3) is 5.86. The van der Waals surface area contributed by atoms with Gasteiger partial charge < -0.3 is 24.8 Å². The number of fused-ring (bicyclic) bond motifs is 3. The number of amides is 1. The van der Waals surface area contributed by atoms with Crippen molar-refractivity contribution >= 4 is 33.4 Å². The fourth-order valence-corrected chi connectivity index (χ4v) is 8.76. The maximum Gasteiger partial charge on any atom is 0.319 e. The minimum atomic E-state index is -0.749. The molecule has 0 radical (unpaired) electrons. The van der Waals surface area contributed by atoms with Crippen LogP contribution in [-0.4, -0.2) is 88.9 Å². The van der Waals surface area contributed by atoms with E-state index in [1.165, 1.54) is 30.5 Å². The summed E-state index contributed by atoms with van der Waals surface area (Å²) in [7, 11) is 0. The number of likely N-dealkylation sites (tertiary alicyclic amines) is 1. The summed E-state index contributed by atoms with van der Waals surface area (Å²) in [4.78, 5) is 30.5. The van der Waals surface area contributed by atoms with Crippen molar-refractivity contribution in [2.45, 2.75) is 63.5 Å². The van der Waals surface area contributed by atoms with Crippen LogP contribution < -0.4 is 15.0 Å². The number of anilines is 1. The van der Waals surface area contributed by atoms with Gasteiger partial charge >= 0.3 is 6.01 Å². The van der Waals surface area contributed by atoms with E-state index in [0.717, 1.165) is 58.0 Å². The zero-order chi connectivity index (χ0) is 34.4. The summed E-state index contributed by atoms with van der Waals surface area (Å²) in [6, 6.07) is 6.08. The van der Waals surface area contributed by atoms with Crippen molar-refractivity contribution in [1.29, 1.82) is 0 Å². The summed E-state index contributed by atoms with van der Waals surface area (Å²) >= 11 is 0. The summed E-state index contributed by atoms with van der Waals surface area (Å²) in [5, 5.41) is 14.9. The number of hydrogen-bond donors (Lipinski definition) is 2. The molecule has 4 aromatic rings. The van der Waals surface area contributed by atoms with Crippen molar-refractivity contribution in [3.63, 3.8) is 0 Å². The third-order valence-electron chi connectivity index (χ3n) is 11.1. The lowest BCUT2D eigenvalue weighted by Crippen LogP contribution is -2.54. The van der Waals surface area contributed by atoms with Gasteiger partial charge in [-0.3, -0.25) is 14.7 Å². The Bertz CT molecular complexity index is 2010. The van der Waals surface area contributed by atoms with E-state index < -0.39 is 11.6 Å². The quantitative estimate of drug-likeness (QED) is 0.250. The van der Waals surface area contributed by atoms with Gasteiger partial charge in [-0.25, -0.2) is 8.78 Å². The second kappa shape index (κ2) is 13.3. The number of nitrogens with one attached hydrogen (secondary N) is 1. The van der Waals surface area contributed by atoms with Crippen LogP contribution in [0.2, 0.25) is 0 Å². The predicted molar refractivity (Wildman–Crippen MR) is 185 cm³/mol. The molecule has 3 aliphatic heterocycles. The molecule has 12 heteroatoms. The summed E-state index contributed by atoms with van der Waals surface area (Å²) in [5.74, 6) is 1.51. The molecular weight excluding hydrogens is 642 g/mol. The lowest BCUT2D eigenvalue weighted by Gasteiger charge is -2.46. The van der Waals surface area contributed by atoms with Gasteiger partial charge in [0.2, 0.25) is 5.91 Å². The van der Waals surface area contributed by atoms with Crippen molar-refractivity contribution in [1.82, 2.24) is 25.2 Å². The molecule has 8 rings (SSSR count). The summed E-state index contributed by atoms with van der Waals surface area (Å²) in [6.45, 7) is 4.52. The van der Waals surface area contributed by atoms with E-state index in [2.05, 4.69) is 31.0 Å². The number of phenols is 1. The van der Waals surface area contributed by atoms with Crippen molar-refractivity contribution in [3.05, 3.63) is 47.7 Å². The van der Waals surface area contributed by atoms with E-state index in [4.69, 9.17) is 20.9 Å². The SMILES string of the molecule is C#Cc1c(F)ccc2cc(O)cc(-c3ncc4c(N5CCCOCC5)nc(OCC56CCCC5N(CC5CCC(=O)N5)CCC6)nc4c3F)c12. The standard InChI is InChI=1S/C38H40F2N6O4/c1-2-26-29(39)9-7-23-18-25(47)19-27(32(23)26)34-33(40)35-28(20-41-34)36(45-14-5-16-49-17-15-45)44-37(43-35)50-22-38-11-3-6-30(38)46(13-4-12-38)21-24-8-10-31(48)42-24/h1,7,9,18-20,24,30,47H,3-6,8,10-17,21-22H2,(H,42,48). The number of piperidine rings is 1. The fourth-order valence-electron chi connectivity index (χ4n) is 8.76. The van der Waals surface area contributed by atoms with Crippen LogP contribution in [-0.2, 0) is 9.53 Å². The number of benzene rings is 2. The first-order valence-electron chi connectivity index (χ1n) is 17.6. The molecule has 3 unspecified atom stereocenters. The van der Waals surface area contributed by atoms with Crippen LogP contribution in [0.3, 0.4) is 0 Å². The van der Waals surface area contributed by atoms with Crippen LogP contribution in [0.25, 0.3) is 32.9 Å². The van der Waals surface area contributed by atoms with E-state index in [1.54, 1.807) is 0 Å². The molecule has 50 heavy (non-hydrogen) atoms. The minimum Gasteiger partial charge on any atom is -0.508 e. The van der Waals surface area contributed by atoms with Gasteiger partial charge in [-0.1, -0.05) is 18.4 Å². The van der Waals surface area contributed by atoms with Crippen LogP contribution in [0.4, 0.5) is 14.6 Å². The van der Waals surface area contributed by atoms with Crippen molar-refractivity contribution in [2.75, 3.05) is 50.9 Å². The molecule has 2 aromatic heterocycles. The lowest BCUT2D eigenvalue weighted by atomic mass is 9.75. The molecule has 0 spiro atoms. The van der Waals surface area contributed by atoms with E-state index in [-0.39, 0.29) is 56.8 Å². The number of halogens is 2. The molecule has 4 aliphatic rings. The number of rotatable bonds is 7. The van der Waals surface area contributed by atoms with Gasteiger partial charge in [0.25, 0.3) is 0 Å². The first-order valence-corrected chi connectivity index (χ1v) is 17.6. The number of carbonyl (C=O) groups is 1. The molecule has 2 aromatic carbocycles. The third-order valence-corrected chi connectivity index (χ3v) is 11.1. The highest BCUT2D eigenvalue weighted by molar-refractivity contribution is 6.03. The fraction of sp³-hybridized carbons (Fsp3) is 0.474. The normalized spacial score (nSPS) is 24.3. The maximum atomic E-state index is 16.9. The number of ether oxygens (including phenoxy) is 2. The predicted octanol–water partition coefficient (Wildman–Crippen LogP) is 5.33. The number of phenolic OH excluding ortho intramolecular Hbond substituents is 1. The molecule has 1 amide bonds. The molecule has 10 nitrogen and oxygen atoms in total. The Kier molecular flexibility index (Phi) is 8.65. The Morgan fingerprint density at radius 1 is 1.10 bits per heavy atom. The van der Waals surface area contributed by atoms with Crippen LogP contribution in [0.1, 0.15) is 56.9 Å². The number of aromatic hydroxyl groups is 1. The van der Waals surface area contributed by atoms with Crippen LogP contribution >= 0.6 is 0 Å². The van der Waals surface area contributed by atoms with E-state index >= 15 is 4.39 Å². The van der Waals surface area contributed by atoms with Crippen LogP contribution in [0, 0.1) is 29.4 Å². The highest BCUT2D eigenvalue weighted by Crippen LogP contribution is 2.48. The Morgan fingerprint density at radius 3 is 2.82 bits per heavy atom. The summed E-state index contributed by atoms with van der Waals surface area (Å²) < 4.78 is 44.0. The van der Waals surface area contributed by atoms with Gasteiger partial charge in [0, 0.05) is 67.3 Å². The molecule has 1 aliphatic carbocycles. The van der Waals surface area contributed by atoms with Crippen LogP contribution in [0.5, 0.6) is 11.8 Å². The molecule has 0 bridgehead atoms. The van der Waals surface area contributed by atoms with E-state index in [9.17, 15) is 14.3 Å². The Labute approximate surface area is 289 Å². The van der Waals surface area contributed by atoms with Gasteiger partial charge in [0.05, 0.1) is 24.2 Å². The lowest BCUT2D eigenvalue weighted by molar-refractivity contribution is -0.119. The van der Waals surface area contributed by atoms with Gasteiger partial charge in [-0.05, 0) is 68.7 Å². The highest BCUT2D eigenvalue weighted by Gasteiger charge is 2.49. The minimum absolute atomic E-state index is 0.0121. The Hall–Kier alpha value is -4.60. The number of carbonyl (C=O) groups excluding carboxylic acids is 1. The Balaban J connectivity index is 1.19. The number of nitrogens with zero attached hydrogens (tertiary/aromatic N) is 5. The maximum absolute atomic E-state index is 16.9. The monoisotopic (exact) mass is 682 g/mol. The van der Waals surface area contributed by atoms with Gasteiger partial charge in [0.1, 0.15) is 28.6 Å². The molecular formula is C38H40F2N6O4. The molecule has 4 fully saturated rings. The smallest absolute Gasteiger partial charge is 0.319 e. The topological polar surface area (TPSA) is 113 Å². The van der Waals surface area contributed by atoms with Gasteiger partial charge in [-0.15, -0.1) is 6.42 Å². The number of hydrogen-bond acceptors (Lipinski definition) is 9.